The molecule has 5 nitrogen and oxygen atoms in total. The number of rotatable bonds is 1. The van der Waals surface area contributed by atoms with Gasteiger partial charge in [-0.05, 0) is 0 Å². The molecule has 0 unspecified atom stereocenters. The number of hydrogen-bond donors (Lipinski definition) is 1. The van der Waals surface area contributed by atoms with Gasteiger partial charge in [0.05, 0.1) is 0 Å². The van der Waals surface area contributed by atoms with Crippen molar-refractivity contribution in [2.45, 2.75) is 6.92 Å². The predicted octanol–water partition coefficient (Wildman–Crippen LogP) is -4.13. The summed E-state index contributed by atoms with van der Waals surface area (Å²) in [5.74, 6) is -0.937. The van der Waals surface area contributed by atoms with E-state index in [-0.39, 0.29) is 52.8 Å². The van der Waals surface area contributed by atoms with Crippen LogP contribution >= 0.6 is 0 Å². The first-order valence-electron chi connectivity index (χ1n) is 1.64. The van der Waals surface area contributed by atoms with Crippen LogP contribution < -0.4 is 56.5 Å². The Labute approximate surface area is 97.1 Å². The summed E-state index contributed by atoms with van der Waals surface area (Å²) in [6, 6.07) is 0. The Bertz CT molecular complexity index is 189. The van der Waals surface area contributed by atoms with Crippen LogP contribution in [0.4, 0.5) is 0 Å². The van der Waals surface area contributed by atoms with Crippen molar-refractivity contribution in [3.05, 3.63) is 0 Å². The molecular weight excluding hydrogens is 173 g/mol. The van der Waals surface area contributed by atoms with E-state index in [0.717, 1.165) is 6.92 Å². The first-order chi connectivity index (χ1) is 3.42. The fourth-order valence-electron chi connectivity index (χ4n) is 0.164. The number of nitrogens with two attached hydrogens (primary N) is 1. The van der Waals surface area contributed by atoms with Gasteiger partial charge in [0, 0.05) is 6.92 Å². The first-order valence-corrected chi connectivity index (χ1v) is 3.12. The van der Waals surface area contributed by atoms with E-state index in [1.165, 1.54) is 0 Å². The number of hydrogen-bond acceptors (Lipinski definition) is 4. The molecule has 0 rings (SSSR count). The van der Waals surface area contributed by atoms with E-state index in [9.17, 15) is 13.2 Å². The van der Waals surface area contributed by atoms with Gasteiger partial charge in [-0.1, -0.05) is 0 Å². The van der Waals surface area contributed by atoms with Crippen LogP contribution in [0.15, 0.2) is 0 Å². The van der Waals surface area contributed by atoms with Gasteiger partial charge in [-0.15, -0.1) is 0 Å². The molecule has 0 fully saturated rings. The molecule has 50 valence electrons. The maximum Gasteiger partial charge on any atom is 1.00 e. The molecule has 0 aromatic heterocycles. The van der Waals surface area contributed by atoms with Crippen molar-refractivity contribution in [3.63, 3.8) is 0 Å². The van der Waals surface area contributed by atoms with Crippen LogP contribution in [0.1, 0.15) is 8.35 Å². The number of carbonyl (C=O) groups is 1. The molecule has 7 heteroatoms. The van der Waals surface area contributed by atoms with Gasteiger partial charge in [0.15, 0.2) is 0 Å². The summed E-state index contributed by atoms with van der Waals surface area (Å²) in [6.07, 6.45) is 0. The Balaban J connectivity index is -0.000000245. The van der Waals surface area contributed by atoms with E-state index < -0.39 is 16.3 Å². The molecule has 0 aromatic carbocycles. The smallest absolute Gasteiger partial charge is 1.00 e. The molecule has 0 bridgehead atoms. The van der Waals surface area contributed by atoms with Crippen LogP contribution in [-0.2, 0) is 19.3 Å². The molecule has 9 heavy (non-hydrogen) atoms. The van der Waals surface area contributed by atoms with Gasteiger partial charge < -0.3 is 5.61 Å². The monoisotopic (exact) mass is 179 g/mol. The molecule has 0 aliphatic carbocycles. The summed E-state index contributed by atoms with van der Waals surface area (Å²) >= 11 is 0. The van der Waals surface area contributed by atoms with Gasteiger partial charge in [0.25, 0.3) is 0 Å². The van der Waals surface area contributed by atoms with E-state index >= 15 is 0 Å². The van der Waals surface area contributed by atoms with Crippen LogP contribution in [0, 0.1) is 0 Å². The minimum Gasteiger partial charge on any atom is -1.00 e. The Kier molecular flexibility index (Phi) is 6.72. The molecule has 0 heterocycles. The van der Waals surface area contributed by atoms with Gasteiger partial charge >= 0.3 is 67.7 Å². The Morgan fingerprint density at radius 3 is 2.00 bits per heavy atom. The second-order valence-corrected chi connectivity index (χ2v) is 2.22. The second kappa shape index (κ2) is 4.77. The van der Waals surface area contributed by atoms with Gasteiger partial charge in [-0.25, -0.2) is 0 Å². The Hall–Kier alpha value is 1.02. The van der Waals surface area contributed by atoms with Gasteiger partial charge in [0.2, 0.25) is 0 Å². The third-order valence-corrected chi connectivity index (χ3v) is 0.701. The molecule has 0 aliphatic heterocycles. The van der Waals surface area contributed by atoms with Gasteiger partial charge in [-0.3, -0.25) is 4.79 Å². The van der Waals surface area contributed by atoms with E-state index in [1.807, 2.05) is 0 Å². The third kappa shape index (κ3) is 12.3. The summed E-state index contributed by atoms with van der Waals surface area (Å²) in [5, 5.41) is 4.27. The van der Waals surface area contributed by atoms with Crippen LogP contribution in [0.25, 0.3) is 0 Å². The molecule has 2 N–H and O–H groups in total. The zero-order valence-electron chi connectivity index (χ0n) is 6.12. The van der Waals surface area contributed by atoms with Crippen LogP contribution in [-0.4, -0.2) is 14.4 Å². The second-order valence-electron chi connectivity index (χ2n) is 1.07. The van der Waals surface area contributed by atoms with Crippen molar-refractivity contribution in [1.29, 1.82) is 0 Å². The van der Waals surface area contributed by atoms with Crippen LogP contribution in [0.5, 0.6) is 0 Å². The largest absolute Gasteiger partial charge is 1.00 e. The fourth-order valence-corrected chi connectivity index (χ4v) is 0.491. The quantitative estimate of drug-likeness (QED) is 0.414. The van der Waals surface area contributed by atoms with Gasteiger partial charge in [-0.2, -0.15) is 13.6 Å². The van der Waals surface area contributed by atoms with Crippen molar-refractivity contribution < 1.29 is 70.2 Å². The van der Waals surface area contributed by atoms with Crippen molar-refractivity contribution in [2.24, 2.45) is 5.14 Å². The van der Waals surface area contributed by atoms with Crippen LogP contribution in [0.3, 0.4) is 0 Å². The van der Waals surface area contributed by atoms with Crippen molar-refractivity contribution in [2.75, 3.05) is 0 Å². The molecule has 0 atom stereocenters. The SMILES string of the molecule is CC(=O)OS(N)(=O)=O.[H-].[K+]. The van der Waals surface area contributed by atoms with E-state index in [0.29, 0.717) is 0 Å². The molecule has 0 spiro atoms. The minimum atomic E-state index is -4.07. The Morgan fingerprint density at radius 2 is 2.00 bits per heavy atom. The van der Waals surface area contributed by atoms with Crippen LogP contribution in [0.2, 0.25) is 0 Å². The fraction of sp³-hybridized carbons (Fsp3) is 0.500. The maximum atomic E-state index is 9.78. The van der Waals surface area contributed by atoms with E-state index in [2.05, 4.69) is 9.32 Å². The zero-order valence-corrected chi connectivity index (χ0v) is 9.06. The average Bonchev–Trinajstić information content (AvgIpc) is 1.21. The molecule has 0 aromatic rings. The van der Waals surface area contributed by atoms with Crippen molar-refractivity contribution in [1.82, 2.24) is 0 Å². The molecule has 0 amide bonds. The Morgan fingerprint density at radius 1 is 1.67 bits per heavy atom. The molecule has 0 radical (unpaired) electrons. The third-order valence-electron chi connectivity index (χ3n) is 0.234. The average molecular weight is 179 g/mol. The maximum absolute atomic E-state index is 9.78. The summed E-state index contributed by atoms with van der Waals surface area (Å²) < 4.78 is 23.1. The normalized spacial score (nSPS) is 9.56. The standard InChI is InChI=1S/C2H5NO4S.K.H/c1-2(4)7-8(3,5)6;;/h1H3,(H2,3,5,6);;/q;+1;-1. The predicted molar refractivity (Wildman–Crippen MR) is 26.0 cm³/mol. The minimum absolute atomic E-state index is 0. The number of carbonyl (C=O) groups excluding carboxylic acids is 1. The van der Waals surface area contributed by atoms with Crippen molar-refractivity contribution >= 4 is 16.3 Å². The molecular formula is C2H6KNO4S. The molecule has 0 saturated heterocycles. The summed E-state index contributed by atoms with van der Waals surface area (Å²) in [4.78, 5) is 9.78. The first kappa shape index (κ1) is 12.7. The zero-order chi connectivity index (χ0) is 6.78. The summed E-state index contributed by atoms with van der Waals surface area (Å²) in [7, 11) is -4.07. The van der Waals surface area contributed by atoms with E-state index in [4.69, 9.17) is 0 Å². The topological polar surface area (TPSA) is 86.5 Å². The van der Waals surface area contributed by atoms with E-state index in [1.54, 1.807) is 0 Å². The summed E-state index contributed by atoms with van der Waals surface area (Å²) in [6.45, 7) is 0.949. The van der Waals surface area contributed by atoms with Gasteiger partial charge in [0.1, 0.15) is 0 Å². The summed E-state index contributed by atoms with van der Waals surface area (Å²) in [5.41, 5.74) is 0. The molecule has 0 aliphatic rings. The van der Waals surface area contributed by atoms with Crippen molar-refractivity contribution in [3.8, 4) is 0 Å². The molecule has 0 saturated carbocycles.